The van der Waals surface area contributed by atoms with Crippen molar-refractivity contribution in [3.05, 3.63) is 63.4 Å². The largest absolute Gasteiger partial charge is 0.353 e. The van der Waals surface area contributed by atoms with Gasteiger partial charge < -0.3 is 15.3 Å². The number of anilines is 2. The molecule has 0 amide bonds. The highest BCUT2D eigenvalue weighted by atomic mass is 35.5. The van der Waals surface area contributed by atoms with Crippen LogP contribution in [0.3, 0.4) is 0 Å². The number of halogens is 2. The number of aromatic amines is 2. The van der Waals surface area contributed by atoms with Gasteiger partial charge in [-0.1, -0.05) is 25.4 Å². The lowest BCUT2D eigenvalue weighted by molar-refractivity contribution is 0.644. The Bertz CT molecular complexity index is 1110. The fourth-order valence-corrected chi connectivity index (χ4v) is 3.38. The third kappa shape index (κ3) is 5.31. The summed E-state index contributed by atoms with van der Waals surface area (Å²) in [6, 6.07) is 5.38. The fraction of sp³-hybridized carbons (Fsp3) is 0.238. The third-order valence-electron chi connectivity index (χ3n) is 3.94. The number of nitrogens with zero attached hydrogens (tertiary/aromatic N) is 1. The number of aromatic nitrogens is 3. The van der Waals surface area contributed by atoms with Crippen molar-refractivity contribution < 1.29 is 4.39 Å². The molecule has 29 heavy (non-hydrogen) atoms. The Morgan fingerprint density at radius 3 is 2.62 bits per heavy atom. The molecule has 3 rings (SSSR count). The Kier molecular flexibility index (Phi) is 8.10. The van der Waals surface area contributed by atoms with Crippen LogP contribution in [-0.4, -0.2) is 21.2 Å². The minimum atomic E-state index is -0.486. The highest BCUT2D eigenvalue weighted by Gasteiger charge is 2.14. The fourth-order valence-electron chi connectivity index (χ4n) is 2.74. The van der Waals surface area contributed by atoms with Crippen molar-refractivity contribution in [3.63, 3.8) is 0 Å². The summed E-state index contributed by atoms with van der Waals surface area (Å²) in [6.45, 7) is 6.93. The molecule has 3 aromatic heterocycles. The van der Waals surface area contributed by atoms with Crippen molar-refractivity contribution in [2.24, 2.45) is 0 Å². The van der Waals surface area contributed by atoms with Gasteiger partial charge in [-0.3, -0.25) is 4.79 Å². The maximum Gasteiger partial charge on any atom is 0.256 e. The van der Waals surface area contributed by atoms with E-state index in [9.17, 15) is 9.18 Å². The molecule has 0 fully saturated rings. The van der Waals surface area contributed by atoms with Crippen LogP contribution >= 0.6 is 23.4 Å². The third-order valence-corrected chi connectivity index (χ3v) is 4.78. The molecule has 0 aliphatic heterocycles. The molecule has 0 aliphatic carbocycles. The van der Waals surface area contributed by atoms with Gasteiger partial charge in [0, 0.05) is 28.4 Å². The quantitative estimate of drug-likeness (QED) is 0.313. The van der Waals surface area contributed by atoms with Crippen LogP contribution in [0.25, 0.3) is 16.6 Å². The van der Waals surface area contributed by atoms with Crippen molar-refractivity contribution in [2.75, 3.05) is 11.6 Å². The number of hydrogen-bond donors (Lipinski definition) is 3. The summed E-state index contributed by atoms with van der Waals surface area (Å²) < 4.78 is 14.1. The monoisotopic (exact) mass is 434 g/mol. The summed E-state index contributed by atoms with van der Waals surface area (Å²) in [6.07, 6.45) is 6.79. The molecule has 8 heteroatoms. The van der Waals surface area contributed by atoms with Crippen LogP contribution in [0.15, 0.2) is 57.3 Å². The van der Waals surface area contributed by atoms with Gasteiger partial charge >= 0.3 is 0 Å². The zero-order valence-corrected chi connectivity index (χ0v) is 18.6. The molecule has 3 N–H and O–H groups in total. The van der Waals surface area contributed by atoms with E-state index in [2.05, 4.69) is 20.3 Å². The molecule has 3 heterocycles. The summed E-state index contributed by atoms with van der Waals surface area (Å²) >= 11 is 7.30. The number of allylic oxidation sites excluding steroid dienone is 4. The first-order valence-corrected chi connectivity index (χ1v) is 10.7. The van der Waals surface area contributed by atoms with E-state index < -0.39 is 5.83 Å². The van der Waals surface area contributed by atoms with Gasteiger partial charge in [0.2, 0.25) is 0 Å². The van der Waals surface area contributed by atoms with E-state index in [0.717, 1.165) is 16.7 Å². The predicted octanol–water partition coefficient (Wildman–Crippen LogP) is 6.59. The Balaban J connectivity index is 0.00000145. The standard InChI is InChI=1S/C19H18ClFN4OS.C2H6/c1-10(20)8-13(11(2)21)14-9-16(19(27-3)25-18(14)26)24-15-5-7-23-17-12(15)4-6-22-17;1-2/h4-9H,1-3H3,(H,25,26)(H2,22,23,24);1-2H3/b10-8+,13-11-;. The zero-order valence-electron chi connectivity index (χ0n) is 17.0. The normalized spacial score (nSPS) is 12.3. The highest BCUT2D eigenvalue weighted by Crippen LogP contribution is 2.31. The molecule has 0 aromatic carbocycles. The Morgan fingerprint density at radius 1 is 1.28 bits per heavy atom. The molecule has 0 saturated heterocycles. The highest BCUT2D eigenvalue weighted by molar-refractivity contribution is 7.98. The number of H-pyrrole nitrogens is 2. The smallest absolute Gasteiger partial charge is 0.256 e. The second kappa shape index (κ2) is 10.3. The van der Waals surface area contributed by atoms with Gasteiger partial charge in [-0.05, 0) is 44.4 Å². The molecule has 0 radical (unpaired) electrons. The Labute approximate surface area is 178 Å². The van der Waals surface area contributed by atoms with E-state index in [-0.39, 0.29) is 16.7 Å². The van der Waals surface area contributed by atoms with E-state index in [4.69, 9.17) is 11.6 Å². The van der Waals surface area contributed by atoms with Crippen molar-refractivity contribution in [2.45, 2.75) is 32.7 Å². The SMILES string of the molecule is CC.CSc1[nH]c(=O)c(C(/C=C(\C)Cl)=C(/C)F)cc1Nc1ccnc2[nH]ccc12. The molecule has 0 spiro atoms. The summed E-state index contributed by atoms with van der Waals surface area (Å²) in [7, 11) is 0. The van der Waals surface area contributed by atoms with Crippen LogP contribution < -0.4 is 10.9 Å². The van der Waals surface area contributed by atoms with E-state index in [0.29, 0.717) is 15.7 Å². The maximum absolute atomic E-state index is 14.1. The first-order chi connectivity index (χ1) is 13.9. The first kappa shape index (κ1) is 22.8. The van der Waals surface area contributed by atoms with Gasteiger partial charge in [-0.2, -0.15) is 0 Å². The number of pyridine rings is 2. The summed E-state index contributed by atoms with van der Waals surface area (Å²) in [5.41, 5.74) is 2.20. The van der Waals surface area contributed by atoms with Crippen LogP contribution in [0.2, 0.25) is 0 Å². The van der Waals surface area contributed by atoms with Crippen molar-refractivity contribution in [1.82, 2.24) is 15.0 Å². The van der Waals surface area contributed by atoms with Gasteiger partial charge in [0.05, 0.1) is 22.0 Å². The van der Waals surface area contributed by atoms with E-state index in [1.54, 1.807) is 25.4 Å². The predicted molar refractivity (Wildman–Crippen MR) is 123 cm³/mol. The molecule has 5 nitrogen and oxygen atoms in total. The van der Waals surface area contributed by atoms with Crippen LogP contribution in [0.5, 0.6) is 0 Å². The lowest BCUT2D eigenvalue weighted by atomic mass is 10.1. The Hall–Kier alpha value is -2.51. The molecular weight excluding hydrogens is 411 g/mol. The maximum atomic E-state index is 14.1. The molecule has 0 unspecified atom stereocenters. The van der Waals surface area contributed by atoms with Gasteiger partial charge in [0.15, 0.2) is 0 Å². The lowest BCUT2D eigenvalue weighted by Crippen LogP contribution is -2.14. The average Bonchev–Trinajstić information content (AvgIpc) is 3.18. The second-order valence-electron chi connectivity index (χ2n) is 5.86. The molecule has 3 aromatic rings. The minimum absolute atomic E-state index is 0.154. The molecule has 154 valence electrons. The zero-order chi connectivity index (χ0) is 21.6. The van der Waals surface area contributed by atoms with E-state index in [1.165, 1.54) is 24.8 Å². The van der Waals surface area contributed by atoms with Crippen LogP contribution in [-0.2, 0) is 0 Å². The molecule has 0 bridgehead atoms. The molecule has 0 aliphatic rings. The van der Waals surface area contributed by atoms with Crippen LogP contribution in [0.4, 0.5) is 15.8 Å². The molecule has 0 saturated carbocycles. The summed E-state index contributed by atoms with van der Waals surface area (Å²) in [5, 5.41) is 5.25. The van der Waals surface area contributed by atoms with E-state index in [1.807, 2.05) is 32.2 Å². The van der Waals surface area contributed by atoms with Gasteiger partial charge in [-0.15, -0.1) is 11.8 Å². The second-order valence-corrected chi connectivity index (χ2v) is 7.27. The molecule has 0 atom stereocenters. The minimum Gasteiger partial charge on any atom is -0.353 e. The van der Waals surface area contributed by atoms with Crippen molar-refractivity contribution >= 4 is 51.3 Å². The average molecular weight is 435 g/mol. The van der Waals surface area contributed by atoms with Gasteiger partial charge in [0.1, 0.15) is 11.5 Å². The topological polar surface area (TPSA) is 73.6 Å². The lowest BCUT2D eigenvalue weighted by Gasteiger charge is -2.13. The number of thioether (sulfide) groups is 1. The number of nitrogens with one attached hydrogen (secondary N) is 3. The molecular formula is C21H24ClFN4OS. The van der Waals surface area contributed by atoms with Gasteiger partial charge in [-0.25, -0.2) is 9.37 Å². The number of hydrogen-bond acceptors (Lipinski definition) is 4. The van der Waals surface area contributed by atoms with Crippen molar-refractivity contribution in [1.29, 1.82) is 0 Å². The summed E-state index contributed by atoms with van der Waals surface area (Å²) in [4.78, 5) is 22.7. The Morgan fingerprint density at radius 2 is 2.00 bits per heavy atom. The van der Waals surface area contributed by atoms with Crippen LogP contribution in [0.1, 0.15) is 33.3 Å². The van der Waals surface area contributed by atoms with Crippen molar-refractivity contribution in [3.8, 4) is 0 Å². The van der Waals surface area contributed by atoms with Gasteiger partial charge in [0.25, 0.3) is 5.56 Å². The van der Waals surface area contributed by atoms with Crippen LogP contribution in [0, 0.1) is 0 Å². The first-order valence-electron chi connectivity index (χ1n) is 9.11. The summed E-state index contributed by atoms with van der Waals surface area (Å²) in [5.74, 6) is -0.486. The van der Waals surface area contributed by atoms with E-state index >= 15 is 0 Å². The number of fused-ring (bicyclic) bond motifs is 1. The number of rotatable bonds is 5.